The molecule has 0 aliphatic heterocycles. The second-order valence-electron chi connectivity index (χ2n) is 5.70. The lowest BCUT2D eigenvalue weighted by atomic mass is 9.87. The van der Waals surface area contributed by atoms with Gasteiger partial charge in [-0.1, -0.05) is 45.0 Å². The summed E-state index contributed by atoms with van der Waals surface area (Å²) in [5, 5.41) is 14.7. The minimum Gasteiger partial charge on any atom is -0.358 e. The van der Waals surface area contributed by atoms with Crippen molar-refractivity contribution in [2.45, 2.75) is 32.7 Å². The lowest BCUT2D eigenvalue weighted by molar-refractivity contribution is -0.390. The first-order valence-electron chi connectivity index (χ1n) is 6.24. The van der Waals surface area contributed by atoms with Crippen LogP contribution in [0.4, 0.5) is 5.82 Å². The second kappa shape index (κ2) is 5.36. The normalized spacial score (nSPS) is 11.6. The third kappa shape index (κ3) is 3.25. The Labute approximate surface area is 125 Å². The minimum atomic E-state index is -0.497. The molecule has 1 heterocycles. The number of benzene rings is 1. The summed E-state index contributed by atoms with van der Waals surface area (Å²) >= 11 is 3.14. The Morgan fingerprint density at radius 1 is 1.30 bits per heavy atom. The number of hydrogen-bond acceptors (Lipinski definition) is 3. The van der Waals surface area contributed by atoms with E-state index >= 15 is 0 Å². The summed E-state index contributed by atoms with van der Waals surface area (Å²) in [5.41, 5.74) is 2.43. The molecule has 1 aromatic carbocycles. The Morgan fingerprint density at radius 3 is 2.35 bits per heavy atom. The summed E-state index contributed by atoms with van der Waals surface area (Å²) in [6, 6.07) is 8.23. The van der Waals surface area contributed by atoms with E-state index in [2.05, 4.69) is 53.9 Å². The minimum absolute atomic E-state index is 0.117. The number of aromatic nitrogens is 2. The van der Waals surface area contributed by atoms with Gasteiger partial charge < -0.3 is 10.1 Å². The van der Waals surface area contributed by atoms with Crippen molar-refractivity contribution in [3.05, 3.63) is 56.2 Å². The van der Waals surface area contributed by atoms with Crippen LogP contribution >= 0.6 is 15.9 Å². The van der Waals surface area contributed by atoms with Crippen LogP contribution in [0.3, 0.4) is 0 Å². The van der Waals surface area contributed by atoms with E-state index in [-0.39, 0.29) is 11.2 Å². The van der Waals surface area contributed by atoms with Crippen LogP contribution in [0.1, 0.15) is 31.9 Å². The van der Waals surface area contributed by atoms with Crippen LogP contribution in [0, 0.1) is 10.1 Å². The van der Waals surface area contributed by atoms with Gasteiger partial charge in [-0.25, -0.2) is 0 Å². The molecule has 0 aliphatic carbocycles. The van der Waals surface area contributed by atoms with Gasteiger partial charge in [0.1, 0.15) is 4.47 Å². The van der Waals surface area contributed by atoms with Gasteiger partial charge in [0.05, 0.1) is 17.8 Å². The molecule has 1 aromatic heterocycles. The van der Waals surface area contributed by atoms with E-state index in [0.717, 1.165) is 5.56 Å². The van der Waals surface area contributed by atoms with Crippen LogP contribution in [-0.4, -0.2) is 14.7 Å². The van der Waals surface area contributed by atoms with Gasteiger partial charge in [0, 0.05) is 0 Å². The predicted octanol–water partition coefficient (Wildman–Crippen LogP) is 3.90. The summed E-state index contributed by atoms with van der Waals surface area (Å²) in [5.74, 6) is -0.156. The Morgan fingerprint density at radius 2 is 1.90 bits per heavy atom. The first-order valence-corrected chi connectivity index (χ1v) is 7.03. The molecular weight excluding hydrogens is 322 g/mol. The zero-order chi connectivity index (χ0) is 14.9. The van der Waals surface area contributed by atoms with Crippen LogP contribution in [0.15, 0.2) is 34.9 Å². The Balaban J connectivity index is 2.18. The largest absolute Gasteiger partial charge is 0.404 e. The highest BCUT2D eigenvalue weighted by molar-refractivity contribution is 9.10. The van der Waals surface area contributed by atoms with E-state index in [0.29, 0.717) is 11.0 Å². The van der Waals surface area contributed by atoms with Crippen molar-refractivity contribution < 1.29 is 4.92 Å². The number of nitro groups is 1. The van der Waals surface area contributed by atoms with E-state index in [1.54, 1.807) is 10.9 Å². The SMILES string of the molecule is CC(C)(C)c1ccc(Cn2cc(Br)c([N+](=O)[O-])n2)cc1. The van der Waals surface area contributed by atoms with Gasteiger partial charge in [0.2, 0.25) is 0 Å². The number of hydrogen-bond donors (Lipinski definition) is 0. The summed E-state index contributed by atoms with van der Waals surface area (Å²) in [6.07, 6.45) is 1.62. The standard InChI is InChI=1S/C14H16BrN3O2/c1-14(2,3)11-6-4-10(5-7-11)8-17-9-12(15)13(16-17)18(19)20/h4-7,9H,8H2,1-3H3. The van der Waals surface area contributed by atoms with Crippen LogP contribution in [-0.2, 0) is 12.0 Å². The summed E-state index contributed by atoms with van der Waals surface area (Å²) in [4.78, 5) is 10.2. The maximum atomic E-state index is 10.7. The highest BCUT2D eigenvalue weighted by Gasteiger charge is 2.19. The van der Waals surface area contributed by atoms with E-state index in [9.17, 15) is 10.1 Å². The van der Waals surface area contributed by atoms with E-state index in [1.807, 2.05) is 12.1 Å². The van der Waals surface area contributed by atoms with Crippen molar-refractivity contribution in [2.75, 3.05) is 0 Å². The van der Waals surface area contributed by atoms with Gasteiger partial charge in [0.15, 0.2) is 0 Å². The van der Waals surface area contributed by atoms with Crippen LogP contribution < -0.4 is 0 Å². The molecule has 2 rings (SSSR count). The van der Waals surface area contributed by atoms with Crippen molar-refractivity contribution in [1.29, 1.82) is 0 Å². The molecule has 0 N–H and O–H groups in total. The second-order valence-corrected chi connectivity index (χ2v) is 6.56. The average Bonchev–Trinajstić information content (AvgIpc) is 2.70. The molecule has 0 spiro atoms. The van der Waals surface area contributed by atoms with Crippen LogP contribution in [0.2, 0.25) is 0 Å². The Kier molecular flexibility index (Phi) is 3.94. The lowest BCUT2D eigenvalue weighted by Crippen LogP contribution is -2.11. The van der Waals surface area contributed by atoms with Gasteiger partial charge in [-0.15, -0.1) is 0 Å². The summed E-state index contributed by atoms with van der Waals surface area (Å²) in [7, 11) is 0. The topological polar surface area (TPSA) is 61.0 Å². The average molecular weight is 338 g/mol. The molecular formula is C14H16BrN3O2. The van der Waals surface area contributed by atoms with Crippen molar-refractivity contribution in [1.82, 2.24) is 9.78 Å². The zero-order valence-corrected chi connectivity index (χ0v) is 13.2. The zero-order valence-electron chi connectivity index (χ0n) is 11.6. The summed E-state index contributed by atoms with van der Waals surface area (Å²) in [6.45, 7) is 7.00. The molecule has 0 aliphatic rings. The monoisotopic (exact) mass is 337 g/mol. The van der Waals surface area contributed by atoms with Gasteiger partial charge in [0.25, 0.3) is 0 Å². The quantitative estimate of drug-likeness (QED) is 0.630. The highest BCUT2D eigenvalue weighted by Crippen LogP contribution is 2.24. The fourth-order valence-corrected chi connectivity index (χ4v) is 2.35. The lowest BCUT2D eigenvalue weighted by Gasteiger charge is -2.19. The molecule has 0 radical (unpaired) electrons. The molecule has 2 aromatic rings. The van der Waals surface area contributed by atoms with Crippen LogP contribution in [0.25, 0.3) is 0 Å². The number of rotatable bonds is 3. The first-order chi connectivity index (χ1) is 9.27. The van der Waals surface area contributed by atoms with Gasteiger partial charge in [-0.2, -0.15) is 4.68 Å². The fraction of sp³-hybridized carbons (Fsp3) is 0.357. The van der Waals surface area contributed by atoms with Crippen LogP contribution in [0.5, 0.6) is 0 Å². The first kappa shape index (κ1) is 14.7. The molecule has 0 saturated carbocycles. The maximum Gasteiger partial charge on any atom is 0.404 e. The third-order valence-electron chi connectivity index (χ3n) is 3.04. The van der Waals surface area contributed by atoms with Crippen molar-refractivity contribution in [3.8, 4) is 0 Å². The van der Waals surface area contributed by atoms with Crippen molar-refractivity contribution in [2.24, 2.45) is 0 Å². The summed E-state index contributed by atoms with van der Waals surface area (Å²) < 4.78 is 1.96. The van der Waals surface area contributed by atoms with Crippen molar-refractivity contribution in [3.63, 3.8) is 0 Å². The fourth-order valence-electron chi connectivity index (χ4n) is 1.89. The van der Waals surface area contributed by atoms with Crippen molar-refractivity contribution >= 4 is 21.7 Å². The molecule has 0 atom stereocenters. The van der Waals surface area contributed by atoms with E-state index < -0.39 is 4.92 Å². The molecule has 0 bridgehead atoms. The molecule has 5 nitrogen and oxygen atoms in total. The Bertz CT molecular complexity index is 627. The molecule has 0 fully saturated rings. The predicted molar refractivity (Wildman–Crippen MR) is 80.8 cm³/mol. The highest BCUT2D eigenvalue weighted by atomic mass is 79.9. The Hall–Kier alpha value is -1.69. The number of halogens is 1. The van der Waals surface area contributed by atoms with E-state index in [1.165, 1.54) is 5.56 Å². The third-order valence-corrected chi connectivity index (χ3v) is 3.60. The van der Waals surface area contributed by atoms with Gasteiger partial charge in [-0.3, -0.25) is 0 Å². The van der Waals surface area contributed by atoms with E-state index in [4.69, 9.17) is 0 Å². The molecule has 0 unspecified atom stereocenters. The molecule has 0 amide bonds. The maximum absolute atomic E-state index is 10.7. The molecule has 0 saturated heterocycles. The number of nitrogens with zero attached hydrogens (tertiary/aromatic N) is 3. The molecule has 20 heavy (non-hydrogen) atoms. The smallest absolute Gasteiger partial charge is 0.358 e. The van der Waals surface area contributed by atoms with Gasteiger partial charge >= 0.3 is 5.82 Å². The van der Waals surface area contributed by atoms with Gasteiger partial charge in [-0.05, 0) is 37.4 Å². The molecule has 106 valence electrons. The molecule has 6 heteroatoms.